The zero-order valence-electron chi connectivity index (χ0n) is 24.4. The third-order valence-electron chi connectivity index (χ3n) is 5.81. The van der Waals surface area contributed by atoms with E-state index in [9.17, 15) is 24.0 Å². The van der Waals surface area contributed by atoms with Crippen molar-refractivity contribution in [1.29, 1.82) is 0 Å². The predicted octanol–water partition coefficient (Wildman–Crippen LogP) is 2.71. The third-order valence-corrected chi connectivity index (χ3v) is 5.81. The lowest BCUT2D eigenvalue weighted by atomic mass is 10.1. The zero-order valence-corrected chi connectivity index (χ0v) is 24.4. The number of nitrogens with one attached hydrogen (secondary N) is 4. The Morgan fingerprint density at radius 2 is 1.18 bits per heavy atom. The van der Waals surface area contributed by atoms with Gasteiger partial charge >= 0.3 is 24.5 Å². The first-order chi connectivity index (χ1) is 21.2. The molecule has 0 saturated heterocycles. The minimum atomic E-state index is -0.791. The number of Topliss-reactive ketones (excluding diaryl/α,β-unsaturated/α-hetero) is 1. The van der Waals surface area contributed by atoms with E-state index in [0.29, 0.717) is 37.0 Å². The highest BCUT2D eigenvalue weighted by Crippen LogP contribution is 2.44. The van der Waals surface area contributed by atoms with Gasteiger partial charge in [-0.3, -0.25) is 4.79 Å². The summed E-state index contributed by atoms with van der Waals surface area (Å²) >= 11 is 0. The Morgan fingerprint density at radius 1 is 0.682 bits per heavy atom. The Kier molecular flexibility index (Phi) is 13.0. The highest BCUT2D eigenvalue weighted by Gasteiger charge is 2.24. The molecule has 0 bridgehead atoms. The Balaban J connectivity index is 1.68. The van der Waals surface area contributed by atoms with E-state index in [0.717, 1.165) is 0 Å². The second-order valence-corrected chi connectivity index (χ2v) is 8.85. The lowest BCUT2D eigenvalue weighted by Gasteiger charge is -2.14. The van der Waals surface area contributed by atoms with Crippen LogP contribution in [0.15, 0.2) is 34.7 Å². The SMILES string of the molecule is COC(=O)OCCNCCNC(=O)Oc1c2ccccc2c(OC(=O)NCCNCCOC(=O)OC)c2oc(C(C)=O)cc12. The average Bonchev–Trinajstić information content (AvgIpc) is 3.47. The van der Waals surface area contributed by atoms with Gasteiger partial charge in [-0.05, 0) is 6.07 Å². The number of ketones is 1. The fourth-order valence-corrected chi connectivity index (χ4v) is 3.80. The first-order valence-electron chi connectivity index (χ1n) is 13.5. The molecule has 0 fully saturated rings. The molecule has 16 heteroatoms. The first-order valence-corrected chi connectivity index (χ1v) is 13.5. The highest BCUT2D eigenvalue weighted by molar-refractivity contribution is 6.12. The molecular weight excluding hydrogens is 584 g/mol. The number of hydrogen-bond donors (Lipinski definition) is 4. The van der Waals surface area contributed by atoms with Gasteiger partial charge in [-0.25, -0.2) is 19.2 Å². The molecule has 0 aliphatic carbocycles. The number of carbonyl (C=O) groups is 5. The number of amides is 2. The molecule has 0 unspecified atom stereocenters. The number of hydrogen-bond acceptors (Lipinski definition) is 14. The largest absolute Gasteiger partial charge is 0.508 e. The minimum Gasteiger partial charge on any atom is -0.449 e. The normalized spacial score (nSPS) is 10.6. The Hall–Kier alpha value is -5.09. The van der Waals surface area contributed by atoms with Crippen molar-refractivity contribution in [2.45, 2.75) is 6.92 Å². The Labute approximate surface area is 251 Å². The number of fused-ring (bicyclic) bond motifs is 2. The molecule has 44 heavy (non-hydrogen) atoms. The van der Waals surface area contributed by atoms with E-state index < -0.39 is 24.5 Å². The molecule has 3 aromatic rings. The van der Waals surface area contributed by atoms with Crippen molar-refractivity contribution < 1.29 is 56.8 Å². The average molecular weight is 619 g/mol. The van der Waals surface area contributed by atoms with Crippen LogP contribution in [0.4, 0.5) is 19.2 Å². The van der Waals surface area contributed by atoms with Gasteiger partial charge in [0.05, 0.1) is 19.6 Å². The smallest absolute Gasteiger partial charge is 0.449 e. The summed E-state index contributed by atoms with van der Waals surface area (Å²) in [5.41, 5.74) is 0.0391. The van der Waals surface area contributed by atoms with E-state index in [1.54, 1.807) is 24.3 Å². The summed E-state index contributed by atoms with van der Waals surface area (Å²) in [4.78, 5) is 59.5. The quantitative estimate of drug-likeness (QED) is 0.110. The third kappa shape index (κ3) is 9.74. The Bertz CT molecular complexity index is 1370. The van der Waals surface area contributed by atoms with Crippen LogP contribution < -0.4 is 30.7 Å². The second kappa shape index (κ2) is 17.1. The number of carbonyl (C=O) groups excluding carboxylic acids is 5. The van der Waals surface area contributed by atoms with Gasteiger partial charge < -0.3 is 54.1 Å². The molecule has 3 rings (SSSR count). The van der Waals surface area contributed by atoms with Crippen LogP contribution in [0.2, 0.25) is 0 Å². The van der Waals surface area contributed by atoms with E-state index in [1.165, 1.54) is 27.2 Å². The molecule has 0 radical (unpaired) electrons. The van der Waals surface area contributed by atoms with E-state index in [1.807, 2.05) is 0 Å². The van der Waals surface area contributed by atoms with Crippen LogP contribution in [0, 0.1) is 0 Å². The van der Waals surface area contributed by atoms with Gasteiger partial charge in [-0.2, -0.15) is 0 Å². The molecule has 1 aromatic heterocycles. The van der Waals surface area contributed by atoms with Crippen molar-refractivity contribution in [3.63, 3.8) is 0 Å². The number of rotatable bonds is 15. The Morgan fingerprint density at radius 3 is 1.68 bits per heavy atom. The lowest BCUT2D eigenvalue weighted by Crippen LogP contribution is -2.35. The van der Waals surface area contributed by atoms with Crippen molar-refractivity contribution in [3.05, 3.63) is 36.1 Å². The molecule has 0 atom stereocenters. The van der Waals surface area contributed by atoms with Crippen molar-refractivity contribution in [2.75, 3.05) is 66.7 Å². The van der Waals surface area contributed by atoms with Gasteiger partial charge in [0.15, 0.2) is 28.6 Å². The minimum absolute atomic E-state index is 0.0254. The number of methoxy groups -OCH3 is 2. The zero-order chi connectivity index (χ0) is 31.9. The standard InChI is InChI=1S/C28H34N4O12/c1-17(33)21-16-20-22(43-25(34)31-10-8-29-12-14-40-27(36)38-2)18-6-4-5-7-19(18)23(24(20)42-21)44-26(35)32-11-9-30-13-15-41-28(37)39-3/h4-7,16,29-30H,8-15H2,1-3H3,(H,31,34)(H,32,35). The fourth-order valence-electron chi connectivity index (χ4n) is 3.80. The fraction of sp³-hybridized carbons (Fsp3) is 0.393. The van der Waals surface area contributed by atoms with Crippen LogP contribution in [-0.4, -0.2) is 97.0 Å². The van der Waals surface area contributed by atoms with Gasteiger partial charge in [-0.15, -0.1) is 0 Å². The molecule has 2 aromatic carbocycles. The molecule has 0 saturated carbocycles. The molecule has 0 spiro atoms. The van der Waals surface area contributed by atoms with Crippen molar-refractivity contribution in [3.8, 4) is 11.5 Å². The summed E-state index contributed by atoms with van der Waals surface area (Å²) in [6.45, 7) is 3.27. The summed E-state index contributed by atoms with van der Waals surface area (Å²) in [6.07, 6.45) is -3.14. The molecule has 16 nitrogen and oxygen atoms in total. The van der Waals surface area contributed by atoms with Gasteiger partial charge in [0.25, 0.3) is 0 Å². The molecule has 0 aliphatic heterocycles. The van der Waals surface area contributed by atoms with E-state index in [-0.39, 0.29) is 60.3 Å². The van der Waals surface area contributed by atoms with Crippen LogP contribution in [0.1, 0.15) is 17.5 Å². The number of furan rings is 1. The van der Waals surface area contributed by atoms with Crippen molar-refractivity contribution in [2.24, 2.45) is 0 Å². The molecule has 1 heterocycles. The van der Waals surface area contributed by atoms with Crippen LogP contribution in [0.25, 0.3) is 21.7 Å². The monoisotopic (exact) mass is 618 g/mol. The van der Waals surface area contributed by atoms with E-state index in [2.05, 4.69) is 30.7 Å². The van der Waals surface area contributed by atoms with Crippen molar-refractivity contribution >= 4 is 52.0 Å². The molecule has 0 aliphatic rings. The predicted molar refractivity (Wildman–Crippen MR) is 154 cm³/mol. The summed E-state index contributed by atoms with van der Waals surface area (Å²) in [6, 6.07) is 8.16. The maximum Gasteiger partial charge on any atom is 0.508 e. The van der Waals surface area contributed by atoms with Crippen LogP contribution in [0.3, 0.4) is 0 Å². The molecule has 4 N–H and O–H groups in total. The van der Waals surface area contributed by atoms with E-state index in [4.69, 9.17) is 23.4 Å². The summed E-state index contributed by atoms with van der Waals surface area (Å²) in [7, 11) is 2.42. The van der Waals surface area contributed by atoms with Gasteiger partial charge in [-0.1, -0.05) is 24.3 Å². The first kappa shape index (κ1) is 33.4. The summed E-state index contributed by atoms with van der Waals surface area (Å²) < 4.78 is 35.3. The second-order valence-electron chi connectivity index (χ2n) is 8.85. The number of benzene rings is 2. The van der Waals surface area contributed by atoms with Crippen LogP contribution >= 0.6 is 0 Å². The summed E-state index contributed by atoms with van der Waals surface area (Å²) in [5, 5.41) is 12.2. The van der Waals surface area contributed by atoms with Gasteiger partial charge in [0.2, 0.25) is 0 Å². The van der Waals surface area contributed by atoms with E-state index >= 15 is 0 Å². The van der Waals surface area contributed by atoms with Crippen LogP contribution in [-0.2, 0) is 18.9 Å². The summed E-state index contributed by atoms with van der Waals surface area (Å²) in [5.74, 6) is -0.274. The van der Waals surface area contributed by atoms with Crippen molar-refractivity contribution in [1.82, 2.24) is 21.3 Å². The van der Waals surface area contributed by atoms with Gasteiger partial charge in [0.1, 0.15) is 13.2 Å². The topological polar surface area (TPSA) is 202 Å². The molecular formula is C28H34N4O12. The maximum absolute atomic E-state index is 12.7. The lowest BCUT2D eigenvalue weighted by molar-refractivity contribution is 0.0726. The molecule has 238 valence electrons. The molecule has 2 amide bonds. The maximum atomic E-state index is 12.7. The highest BCUT2D eigenvalue weighted by atomic mass is 16.7. The van der Waals surface area contributed by atoms with Crippen LogP contribution in [0.5, 0.6) is 11.5 Å². The number of ether oxygens (including phenoxy) is 6. The van der Waals surface area contributed by atoms with Gasteiger partial charge in [0, 0.05) is 57.0 Å².